The van der Waals surface area contributed by atoms with Crippen molar-refractivity contribution < 1.29 is 52.2 Å². The molecule has 0 aliphatic rings. The van der Waals surface area contributed by atoms with Crippen LogP contribution in [0.1, 0.15) is 329 Å². The second-order valence-corrected chi connectivity index (χ2v) is 23.7. The molecule has 11 nitrogen and oxygen atoms in total. The van der Waals surface area contributed by atoms with E-state index in [0.29, 0.717) is 19.3 Å². The van der Waals surface area contributed by atoms with Gasteiger partial charge in [-0.2, -0.15) is 0 Å². The van der Waals surface area contributed by atoms with Crippen molar-refractivity contribution in [3.63, 3.8) is 0 Å². The summed E-state index contributed by atoms with van der Waals surface area (Å²) in [5.74, 6) is -1.45. The maximum atomic E-state index is 13.0. The van der Waals surface area contributed by atoms with Crippen molar-refractivity contribution in [2.45, 2.75) is 341 Å². The van der Waals surface area contributed by atoms with Gasteiger partial charge in [-0.15, -0.1) is 0 Å². The van der Waals surface area contributed by atoms with Gasteiger partial charge in [0.2, 0.25) is 0 Å². The Balaban J connectivity index is 4.67. The Kier molecular flexibility index (Phi) is 59.0. The van der Waals surface area contributed by atoms with Gasteiger partial charge < -0.3 is 24.2 Å². The van der Waals surface area contributed by atoms with Gasteiger partial charge in [-0.3, -0.25) is 23.4 Å². The van der Waals surface area contributed by atoms with Crippen LogP contribution in [0.25, 0.3) is 0 Å². The molecule has 0 amide bonds. The third-order valence-electron chi connectivity index (χ3n) is 14.5. The number of ether oxygens (including phenoxy) is 3. The van der Waals surface area contributed by atoms with E-state index in [1.807, 2.05) is 0 Å². The summed E-state index contributed by atoms with van der Waals surface area (Å²) < 4.78 is 39.7. The fourth-order valence-corrected chi connectivity index (χ4v) is 10.3. The van der Waals surface area contributed by atoms with Crippen LogP contribution in [0.15, 0.2) is 36.5 Å². The van der Waals surface area contributed by atoms with Crippen molar-refractivity contribution in [3.8, 4) is 0 Å². The van der Waals surface area contributed by atoms with Crippen LogP contribution in [0, 0.1) is 0 Å². The third kappa shape index (κ3) is 58.4. The van der Waals surface area contributed by atoms with E-state index in [1.54, 1.807) is 0 Å². The summed E-state index contributed by atoms with van der Waals surface area (Å²) in [4.78, 5) is 48.7. The van der Waals surface area contributed by atoms with E-state index >= 15 is 0 Å². The predicted octanol–water partition coefficient (Wildman–Crippen LogP) is 19.9. The summed E-state index contributed by atoms with van der Waals surface area (Å²) in [6, 6.07) is 0. The van der Waals surface area contributed by atoms with Crippen molar-refractivity contribution in [1.82, 2.24) is 0 Å². The van der Waals surface area contributed by atoms with Crippen molar-refractivity contribution >= 4 is 25.7 Å². The normalized spacial score (nSPS) is 13.4. The van der Waals surface area contributed by atoms with E-state index in [0.717, 1.165) is 89.9 Å². The molecule has 0 aromatic rings. The number of phosphoric acid groups is 1. The molecule has 3 unspecified atom stereocenters. The Morgan fingerprint density at radius 2 is 0.628 bits per heavy atom. The lowest BCUT2D eigenvalue weighted by Gasteiger charge is -2.21. The first-order valence-corrected chi connectivity index (χ1v) is 34.4. The summed E-state index contributed by atoms with van der Waals surface area (Å²) in [6.45, 7) is 4.66. The second-order valence-electron chi connectivity index (χ2n) is 22.3. The lowest BCUT2D eigenvalue weighted by molar-refractivity contribution is -0.161. The van der Waals surface area contributed by atoms with E-state index in [2.05, 4.69) is 57.2 Å². The summed E-state index contributed by atoms with van der Waals surface area (Å²) in [7, 11) is -4.75. The summed E-state index contributed by atoms with van der Waals surface area (Å²) >= 11 is 0. The van der Waals surface area contributed by atoms with Gasteiger partial charge in [0.1, 0.15) is 12.7 Å². The Hall–Kier alpha value is -2.30. The Morgan fingerprint density at radius 3 is 1.00 bits per heavy atom. The zero-order valence-corrected chi connectivity index (χ0v) is 51.8. The molecule has 0 rings (SSSR count). The second kappa shape index (κ2) is 60.8. The number of unbranched alkanes of at least 4 members (excludes halogenated alkanes) is 39. The number of hydrogen-bond donors (Lipinski definition) is 2. The van der Waals surface area contributed by atoms with Crippen LogP contribution < -0.4 is 0 Å². The topological polar surface area (TPSA) is 155 Å². The van der Waals surface area contributed by atoms with Crippen LogP contribution in [-0.2, 0) is 42.2 Å². The van der Waals surface area contributed by atoms with Gasteiger partial charge in [-0.1, -0.05) is 269 Å². The van der Waals surface area contributed by atoms with Crippen molar-refractivity contribution in [2.24, 2.45) is 0 Å². The van der Waals surface area contributed by atoms with Crippen LogP contribution in [0.4, 0.5) is 0 Å². The molecule has 0 radical (unpaired) electrons. The Morgan fingerprint density at radius 1 is 0.359 bits per heavy atom. The average Bonchev–Trinajstić information content (AvgIpc) is 3.43. The van der Waals surface area contributed by atoms with Crippen LogP contribution >= 0.6 is 7.82 Å². The molecular formula is C66H123O11P. The molecule has 3 atom stereocenters. The fraction of sp³-hybridized carbons (Fsp3) is 0.864. The first-order valence-electron chi connectivity index (χ1n) is 32.9. The number of carbonyl (C=O) groups excluding carboxylic acids is 3. The zero-order valence-electron chi connectivity index (χ0n) is 50.9. The molecule has 0 aliphatic carbocycles. The van der Waals surface area contributed by atoms with Gasteiger partial charge in [0.05, 0.1) is 19.8 Å². The van der Waals surface area contributed by atoms with Crippen LogP contribution in [0.3, 0.4) is 0 Å². The summed E-state index contributed by atoms with van der Waals surface area (Å²) in [5, 5.41) is 9.84. The molecule has 458 valence electrons. The number of hydrogen-bond acceptors (Lipinski definition) is 10. The third-order valence-corrected chi connectivity index (χ3v) is 15.5. The molecule has 0 aromatic heterocycles. The quantitative estimate of drug-likeness (QED) is 0.0197. The molecule has 0 aromatic carbocycles. The molecule has 0 bridgehead atoms. The number of allylic oxidation sites excluding steroid dienone is 6. The van der Waals surface area contributed by atoms with Gasteiger partial charge in [0, 0.05) is 19.3 Å². The first-order chi connectivity index (χ1) is 38.2. The minimum atomic E-state index is -4.75. The van der Waals surface area contributed by atoms with E-state index in [1.165, 1.54) is 180 Å². The highest BCUT2D eigenvalue weighted by molar-refractivity contribution is 7.47. The average molecular weight is 1120 g/mol. The highest BCUT2D eigenvalue weighted by atomic mass is 31.2. The van der Waals surface area contributed by atoms with Crippen LogP contribution in [0.5, 0.6) is 0 Å². The van der Waals surface area contributed by atoms with Crippen LogP contribution in [-0.4, -0.2) is 66.5 Å². The summed E-state index contributed by atoms with van der Waals surface area (Å²) in [5.41, 5.74) is 0. The zero-order chi connectivity index (χ0) is 56.9. The number of esters is 3. The molecule has 0 fully saturated rings. The van der Waals surface area contributed by atoms with Crippen molar-refractivity contribution in [3.05, 3.63) is 36.5 Å². The first kappa shape index (κ1) is 75.7. The summed E-state index contributed by atoms with van der Waals surface area (Å²) in [6.07, 6.45) is 65.2. The van der Waals surface area contributed by atoms with E-state index in [4.69, 9.17) is 23.3 Å². The van der Waals surface area contributed by atoms with Crippen molar-refractivity contribution in [1.29, 1.82) is 0 Å². The maximum absolute atomic E-state index is 13.0. The molecule has 0 heterocycles. The number of rotatable bonds is 62. The van der Waals surface area contributed by atoms with E-state index in [9.17, 15) is 28.9 Å². The van der Waals surface area contributed by atoms with E-state index in [-0.39, 0.29) is 25.9 Å². The molecule has 12 heteroatoms. The monoisotopic (exact) mass is 1120 g/mol. The smallest absolute Gasteiger partial charge is 0.462 e. The minimum absolute atomic E-state index is 0.166. The standard InChI is InChI=1S/C66H123O11P/c1-4-7-10-13-16-19-22-25-27-29-31-33-35-38-40-43-46-49-52-55-64(68)73-59-63(77-66(70)57-54-51-48-45-42-39-36-34-32-30-28-26-23-20-17-14-11-8-5-2)61-75-78(71,72)74-60-62(58-67)76-65(69)56-53-50-47-44-41-37-24-21-18-15-12-9-6-3/h17,20-21,24,26,28,62-63,67H,4-16,18-19,22-23,25,27,29-61H2,1-3H3,(H,71,72)/b20-17-,24-21-,28-26-. The largest absolute Gasteiger partial charge is 0.472 e. The highest BCUT2D eigenvalue weighted by Crippen LogP contribution is 2.43. The molecular weight excluding hydrogens is 1000 g/mol. The number of phosphoric ester groups is 1. The van der Waals surface area contributed by atoms with Gasteiger partial charge in [-0.05, 0) is 77.0 Å². The van der Waals surface area contributed by atoms with Gasteiger partial charge in [0.25, 0.3) is 0 Å². The maximum Gasteiger partial charge on any atom is 0.472 e. The lowest BCUT2D eigenvalue weighted by atomic mass is 10.0. The molecule has 0 saturated heterocycles. The van der Waals surface area contributed by atoms with Crippen LogP contribution in [0.2, 0.25) is 0 Å². The number of aliphatic hydroxyl groups is 1. The number of carbonyl (C=O) groups is 3. The van der Waals surface area contributed by atoms with Gasteiger partial charge in [0.15, 0.2) is 6.10 Å². The molecule has 0 aliphatic heterocycles. The molecule has 0 saturated carbocycles. The minimum Gasteiger partial charge on any atom is -0.462 e. The van der Waals surface area contributed by atoms with Gasteiger partial charge >= 0.3 is 25.7 Å². The number of aliphatic hydroxyl groups excluding tert-OH is 1. The predicted molar refractivity (Wildman–Crippen MR) is 326 cm³/mol. The molecule has 0 spiro atoms. The Bertz CT molecular complexity index is 1450. The SMILES string of the molecule is CCCCC/C=C\C/C=C\CCCCCCCCCCCC(=O)OC(COC(=O)CCCCCCCCCCCCCCCCCCCCC)COP(=O)(O)OCC(CO)OC(=O)CCCCCCC/C=C\CCCCCC. The highest BCUT2D eigenvalue weighted by Gasteiger charge is 2.28. The van der Waals surface area contributed by atoms with Crippen molar-refractivity contribution in [2.75, 3.05) is 26.4 Å². The van der Waals surface area contributed by atoms with E-state index < -0.39 is 57.8 Å². The molecule has 2 N–H and O–H groups in total. The van der Waals surface area contributed by atoms with Gasteiger partial charge in [-0.25, -0.2) is 4.57 Å². The lowest BCUT2D eigenvalue weighted by Crippen LogP contribution is -2.30. The molecule has 78 heavy (non-hydrogen) atoms. The Labute approximate surface area is 480 Å². The fourth-order valence-electron chi connectivity index (χ4n) is 9.50.